The summed E-state index contributed by atoms with van der Waals surface area (Å²) >= 11 is 0. The number of benzene rings is 2. The SMILES string of the molecule is COc1cc2nccc(C(NC(=O)C3CC3)c3ccc4c(c3OC)C=CC(C)(C)O4)c2cc1OC. The van der Waals surface area contributed by atoms with Crippen LogP contribution in [0.5, 0.6) is 23.0 Å². The van der Waals surface area contributed by atoms with E-state index in [1.54, 1.807) is 27.5 Å². The van der Waals surface area contributed by atoms with Crippen molar-refractivity contribution < 1.29 is 23.7 Å². The zero-order chi connectivity index (χ0) is 24.7. The van der Waals surface area contributed by atoms with E-state index in [4.69, 9.17) is 18.9 Å². The van der Waals surface area contributed by atoms with Crippen molar-refractivity contribution in [2.24, 2.45) is 5.92 Å². The van der Waals surface area contributed by atoms with Gasteiger partial charge in [-0.05, 0) is 68.7 Å². The lowest BCUT2D eigenvalue weighted by atomic mass is 9.91. The topological polar surface area (TPSA) is 78.9 Å². The lowest BCUT2D eigenvalue weighted by molar-refractivity contribution is -0.122. The molecular weight excluding hydrogens is 444 g/mol. The van der Waals surface area contributed by atoms with Gasteiger partial charge in [-0.2, -0.15) is 0 Å². The zero-order valence-electron chi connectivity index (χ0n) is 20.7. The molecule has 1 amide bonds. The van der Waals surface area contributed by atoms with Gasteiger partial charge < -0.3 is 24.3 Å². The minimum atomic E-state index is -0.463. The molecule has 2 aromatic carbocycles. The molecule has 1 N–H and O–H groups in total. The number of nitrogens with one attached hydrogen (secondary N) is 1. The summed E-state index contributed by atoms with van der Waals surface area (Å²) in [7, 11) is 4.85. The van der Waals surface area contributed by atoms with Crippen LogP contribution in [-0.2, 0) is 4.79 Å². The van der Waals surface area contributed by atoms with E-state index in [0.717, 1.165) is 46.2 Å². The number of amides is 1. The third-order valence-electron chi connectivity index (χ3n) is 6.55. The first-order valence-corrected chi connectivity index (χ1v) is 11.8. The quantitative estimate of drug-likeness (QED) is 0.516. The second kappa shape index (κ2) is 8.80. The van der Waals surface area contributed by atoms with E-state index in [0.29, 0.717) is 17.2 Å². The molecule has 5 rings (SSSR count). The Morgan fingerprint density at radius 1 is 1.06 bits per heavy atom. The molecule has 1 saturated carbocycles. The molecule has 1 aliphatic heterocycles. The summed E-state index contributed by atoms with van der Waals surface area (Å²) in [6, 6.07) is 9.14. The highest BCUT2D eigenvalue weighted by Gasteiger charge is 2.34. The van der Waals surface area contributed by atoms with E-state index in [1.807, 2.05) is 56.3 Å². The molecule has 1 fully saturated rings. The maximum absolute atomic E-state index is 13.0. The molecule has 7 nitrogen and oxygen atoms in total. The number of fused-ring (bicyclic) bond motifs is 2. The van der Waals surface area contributed by atoms with Gasteiger partial charge in [0.05, 0.1) is 38.5 Å². The Labute approximate surface area is 205 Å². The number of pyridine rings is 1. The van der Waals surface area contributed by atoms with Crippen molar-refractivity contribution in [3.63, 3.8) is 0 Å². The number of carbonyl (C=O) groups is 1. The molecule has 1 unspecified atom stereocenters. The average molecular weight is 475 g/mol. The Bertz CT molecular complexity index is 1330. The van der Waals surface area contributed by atoms with Crippen LogP contribution in [-0.4, -0.2) is 37.8 Å². The smallest absolute Gasteiger partial charge is 0.223 e. The number of hydrogen-bond acceptors (Lipinski definition) is 6. The Morgan fingerprint density at radius 3 is 2.49 bits per heavy atom. The minimum Gasteiger partial charge on any atom is -0.496 e. The van der Waals surface area contributed by atoms with Crippen molar-refractivity contribution in [3.8, 4) is 23.0 Å². The molecule has 2 aliphatic rings. The molecule has 35 heavy (non-hydrogen) atoms. The fourth-order valence-corrected chi connectivity index (χ4v) is 4.58. The van der Waals surface area contributed by atoms with Crippen LogP contribution in [0.4, 0.5) is 0 Å². The number of nitrogens with zero attached hydrogens (tertiary/aromatic N) is 1. The van der Waals surface area contributed by atoms with Crippen LogP contribution >= 0.6 is 0 Å². The van der Waals surface area contributed by atoms with E-state index in [1.165, 1.54) is 0 Å². The minimum absolute atomic E-state index is 0.0353. The standard InChI is InChI=1S/C28H30N2O5/c1-28(2)12-10-18-22(35-28)9-8-19(26(18)34-5)25(30-27(31)16-6-7-16)17-11-13-29-21-15-24(33-4)23(32-3)14-20(17)21/h8-16,25H,6-7H2,1-5H3,(H,30,31). The highest BCUT2D eigenvalue weighted by molar-refractivity contribution is 5.88. The number of aromatic nitrogens is 1. The van der Waals surface area contributed by atoms with Gasteiger partial charge >= 0.3 is 0 Å². The normalized spacial score (nSPS) is 16.7. The Balaban J connectivity index is 1.70. The summed E-state index contributed by atoms with van der Waals surface area (Å²) in [6.45, 7) is 4.02. The van der Waals surface area contributed by atoms with Crippen molar-refractivity contribution in [2.45, 2.75) is 38.3 Å². The van der Waals surface area contributed by atoms with Crippen molar-refractivity contribution in [2.75, 3.05) is 21.3 Å². The molecule has 0 bridgehead atoms. The fraction of sp³-hybridized carbons (Fsp3) is 0.357. The molecule has 7 heteroatoms. The zero-order valence-corrected chi connectivity index (χ0v) is 20.7. The predicted octanol–water partition coefficient (Wildman–Crippen LogP) is 5.06. The number of methoxy groups -OCH3 is 3. The van der Waals surface area contributed by atoms with E-state index in [2.05, 4.69) is 10.3 Å². The van der Waals surface area contributed by atoms with E-state index in [9.17, 15) is 4.79 Å². The van der Waals surface area contributed by atoms with Crippen LogP contribution in [0.3, 0.4) is 0 Å². The monoisotopic (exact) mass is 474 g/mol. The molecule has 0 saturated heterocycles. The van der Waals surface area contributed by atoms with E-state index in [-0.39, 0.29) is 11.8 Å². The van der Waals surface area contributed by atoms with Gasteiger partial charge in [-0.3, -0.25) is 9.78 Å². The maximum Gasteiger partial charge on any atom is 0.223 e. The molecule has 1 aromatic heterocycles. The molecule has 182 valence electrons. The second-order valence-electron chi connectivity index (χ2n) is 9.48. The van der Waals surface area contributed by atoms with Crippen molar-refractivity contribution in [1.29, 1.82) is 0 Å². The third kappa shape index (κ3) is 4.27. The van der Waals surface area contributed by atoms with Gasteiger partial charge in [-0.15, -0.1) is 0 Å². The first kappa shape index (κ1) is 23.0. The maximum atomic E-state index is 13.0. The highest BCUT2D eigenvalue weighted by atomic mass is 16.5. The molecule has 3 aromatic rings. The van der Waals surface area contributed by atoms with Crippen molar-refractivity contribution >= 4 is 22.9 Å². The summed E-state index contributed by atoms with van der Waals surface area (Å²) in [5, 5.41) is 4.14. The van der Waals surface area contributed by atoms with Gasteiger partial charge in [-0.25, -0.2) is 0 Å². The Hall–Kier alpha value is -3.74. The number of ether oxygens (including phenoxy) is 4. The van der Waals surface area contributed by atoms with Crippen LogP contribution in [0, 0.1) is 5.92 Å². The summed E-state index contributed by atoms with van der Waals surface area (Å²) in [6.07, 6.45) is 7.61. The van der Waals surface area contributed by atoms with Crippen LogP contribution in [0.15, 0.2) is 42.6 Å². The molecule has 1 aliphatic carbocycles. The van der Waals surface area contributed by atoms with Crippen LogP contribution in [0.1, 0.15) is 49.4 Å². The number of carbonyl (C=O) groups excluding carboxylic acids is 1. The Morgan fingerprint density at radius 2 is 1.80 bits per heavy atom. The summed E-state index contributed by atoms with van der Waals surface area (Å²) in [4.78, 5) is 17.6. The van der Waals surface area contributed by atoms with Gasteiger partial charge in [0.25, 0.3) is 0 Å². The third-order valence-corrected chi connectivity index (χ3v) is 6.55. The summed E-state index contributed by atoms with van der Waals surface area (Å²) in [5.41, 5.74) is 2.93. The first-order chi connectivity index (χ1) is 16.8. The molecule has 0 radical (unpaired) electrons. The van der Waals surface area contributed by atoms with Gasteiger partial charge in [0.15, 0.2) is 11.5 Å². The lowest BCUT2D eigenvalue weighted by Gasteiger charge is -2.30. The molecule has 1 atom stereocenters. The van der Waals surface area contributed by atoms with Crippen molar-refractivity contribution in [1.82, 2.24) is 10.3 Å². The highest BCUT2D eigenvalue weighted by Crippen LogP contribution is 2.44. The van der Waals surface area contributed by atoms with Gasteiger partial charge in [0.1, 0.15) is 17.1 Å². The van der Waals surface area contributed by atoms with E-state index < -0.39 is 11.6 Å². The van der Waals surface area contributed by atoms with Crippen molar-refractivity contribution in [3.05, 3.63) is 59.3 Å². The molecule has 0 spiro atoms. The summed E-state index contributed by atoms with van der Waals surface area (Å²) < 4.78 is 23.1. The molecule has 2 heterocycles. The Kier molecular flexibility index (Phi) is 5.79. The van der Waals surface area contributed by atoms with Gasteiger partial charge in [0, 0.05) is 29.1 Å². The van der Waals surface area contributed by atoms with Crippen LogP contribution < -0.4 is 24.3 Å². The largest absolute Gasteiger partial charge is 0.496 e. The fourth-order valence-electron chi connectivity index (χ4n) is 4.58. The first-order valence-electron chi connectivity index (χ1n) is 11.8. The average Bonchev–Trinajstić information content (AvgIpc) is 3.70. The van der Waals surface area contributed by atoms with E-state index >= 15 is 0 Å². The van der Waals surface area contributed by atoms with Crippen LogP contribution in [0.25, 0.3) is 17.0 Å². The van der Waals surface area contributed by atoms with Gasteiger partial charge in [-0.1, -0.05) is 0 Å². The number of hydrogen-bond donors (Lipinski definition) is 1. The number of rotatable bonds is 7. The van der Waals surface area contributed by atoms with Crippen LogP contribution in [0.2, 0.25) is 0 Å². The second-order valence-corrected chi connectivity index (χ2v) is 9.48. The molecular formula is C28H30N2O5. The lowest BCUT2D eigenvalue weighted by Crippen LogP contribution is -2.31. The predicted molar refractivity (Wildman–Crippen MR) is 134 cm³/mol. The van der Waals surface area contributed by atoms with Gasteiger partial charge in [0.2, 0.25) is 5.91 Å². The summed E-state index contributed by atoms with van der Waals surface area (Å²) in [5.74, 6) is 2.69.